The molecule has 3 rings (SSSR count). The molecule has 1 amide bonds. The van der Waals surface area contributed by atoms with Crippen LogP contribution in [0.3, 0.4) is 0 Å². The number of carbonyl (C=O) groups is 1. The molecule has 0 saturated heterocycles. The van der Waals surface area contributed by atoms with Crippen molar-refractivity contribution in [3.63, 3.8) is 0 Å². The molecule has 1 aromatic heterocycles. The van der Waals surface area contributed by atoms with Gasteiger partial charge in [-0.1, -0.05) is 11.8 Å². The lowest BCUT2D eigenvalue weighted by Crippen LogP contribution is -2.26. The molecule has 1 N–H and O–H groups in total. The van der Waals surface area contributed by atoms with Gasteiger partial charge in [-0.05, 0) is 37.1 Å². The third kappa shape index (κ3) is 4.65. The van der Waals surface area contributed by atoms with Crippen LogP contribution in [0.15, 0.2) is 33.9 Å². The molecule has 23 heavy (non-hydrogen) atoms. The Morgan fingerprint density at radius 3 is 2.74 bits per heavy atom. The molecule has 9 heteroatoms. The van der Waals surface area contributed by atoms with Crippen molar-refractivity contribution in [1.82, 2.24) is 15.5 Å². The molecule has 1 aliphatic rings. The Morgan fingerprint density at radius 1 is 1.35 bits per heavy atom. The largest absolute Gasteiger partial charge is 0.435 e. The van der Waals surface area contributed by atoms with Crippen molar-refractivity contribution in [2.45, 2.75) is 30.7 Å². The molecule has 6 nitrogen and oxygen atoms in total. The number of thioether (sulfide) groups is 1. The molecule has 122 valence electrons. The van der Waals surface area contributed by atoms with E-state index in [2.05, 4.69) is 20.3 Å². The van der Waals surface area contributed by atoms with Gasteiger partial charge in [0.05, 0.1) is 5.75 Å². The SMILES string of the molecule is O=C(CSc1nnc(-c2ccc(OC(F)F)cc2)o1)NC1CC1. The van der Waals surface area contributed by atoms with E-state index < -0.39 is 6.61 Å². The van der Waals surface area contributed by atoms with Crippen LogP contribution in [-0.2, 0) is 4.79 Å². The van der Waals surface area contributed by atoms with Crippen molar-refractivity contribution in [3.05, 3.63) is 24.3 Å². The zero-order chi connectivity index (χ0) is 16.2. The highest BCUT2D eigenvalue weighted by Gasteiger charge is 2.23. The minimum Gasteiger partial charge on any atom is -0.435 e. The number of alkyl halides is 2. The maximum Gasteiger partial charge on any atom is 0.387 e. The first-order chi connectivity index (χ1) is 11.1. The van der Waals surface area contributed by atoms with E-state index in [0.29, 0.717) is 11.6 Å². The summed E-state index contributed by atoms with van der Waals surface area (Å²) in [5.41, 5.74) is 0.577. The second kappa shape index (κ2) is 6.95. The van der Waals surface area contributed by atoms with Crippen LogP contribution in [-0.4, -0.2) is 34.5 Å². The van der Waals surface area contributed by atoms with Gasteiger partial charge >= 0.3 is 6.61 Å². The number of carbonyl (C=O) groups excluding carboxylic acids is 1. The smallest absolute Gasteiger partial charge is 0.387 e. The number of halogens is 2. The standard InChI is InChI=1S/C14H13F2N3O3S/c15-13(16)21-10-5-1-8(2-6-10)12-18-19-14(22-12)23-7-11(20)17-9-3-4-9/h1-2,5-6,9,13H,3-4,7H2,(H,17,20). The van der Waals surface area contributed by atoms with Crippen molar-refractivity contribution < 1.29 is 22.7 Å². The van der Waals surface area contributed by atoms with Gasteiger partial charge < -0.3 is 14.5 Å². The average Bonchev–Trinajstić information content (AvgIpc) is 3.20. The Bertz CT molecular complexity index is 674. The van der Waals surface area contributed by atoms with E-state index in [1.54, 1.807) is 12.1 Å². The first-order valence-corrected chi connectivity index (χ1v) is 7.89. The molecule has 0 spiro atoms. The van der Waals surface area contributed by atoms with Gasteiger partial charge in [-0.2, -0.15) is 8.78 Å². The molecule has 0 atom stereocenters. The fraction of sp³-hybridized carbons (Fsp3) is 0.357. The Morgan fingerprint density at radius 2 is 2.09 bits per heavy atom. The predicted molar refractivity (Wildman–Crippen MR) is 78.3 cm³/mol. The molecule has 1 aromatic carbocycles. The molecule has 1 fully saturated rings. The van der Waals surface area contributed by atoms with Gasteiger partial charge in [0.15, 0.2) is 0 Å². The number of nitrogens with zero attached hydrogens (tertiary/aromatic N) is 2. The molecule has 1 saturated carbocycles. The van der Waals surface area contributed by atoms with Gasteiger partial charge in [0, 0.05) is 11.6 Å². The Balaban J connectivity index is 1.56. The summed E-state index contributed by atoms with van der Waals surface area (Å²) in [6.45, 7) is -2.87. The third-order valence-electron chi connectivity index (χ3n) is 3.00. The normalized spacial score (nSPS) is 14.0. The molecule has 2 aromatic rings. The number of aromatic nitrogens is 2. The fourth-order valence-corrected chi connectivity index (χ4v) is 2.36. The summed E-state index contributed by atoms with van der Waals surface area (Å²) in [4.78, 5) is 11.6. The van der Waals surface area contributed by atoms with E-state index in [4.69, 9.17) is 4.42 Å². The van der Waals surface area contributed by atoms with Crippen LogP contribution < -0.4 is 10.1 Å². The number of ether oxygens (including phenoxy) is 1. The van der Waals surface area contributed by atoms with Crippen LogP contribution in [0.1, 0.15) is 12.8 Å². The van der Waals surface area contributed by atoms with E-state index in [-0.39, 0.29) is 28.5 Å². The van der Waals surface area contributed by atoms with Crippen LogP contribution in [0.2, 0.25) is 0 Å². The van der Waals surface area contributed by atoms with Crippen LogP contribution in [0.25, 0.3) is 11.5 Å². The second-order valence-electron chi connectivity index (χ2n) is 4.91. The minimum atomic E-state index is -2.87. The summed E-state index contributed by atoms with van der Waals surface area (Å²) < 4.78 is 33.9. The maximum absolute atomic E-state index is 12.1. The monoisotopic (exact) mass is 341 g/mol. The molecule has 0 radical (unpaired) electrons. The highest BCUT2D eigenvalue weighted by atomic mass is 32.2. The summed E-state index contributed by atoms with van der Waals surface area (Å²) in [5, 5.41) is 10.9. The van der Waals surface area contributed by atoms with E-state index in [1.165, 1.54) is 12.1 Å². The summed E-state index contributed by atoms with van der Waals surface area (Å²) in [7, 11) is 0. The highest BCUT2D eigenvalue weighted by Crippen LogP contribution is 2.25. The number of amides is 1. The number of nitrogens with one attached hydrogen (secondary N) is 1. The molecule has 0 bridgehead atoms. The molecule has 0 unspecified atom stereocenters. The number of hydrogen-bond acceptors (Lipinski definition) is 6. The summed E-state index contributed by atoms with van der Waals surface area (Å²) >= 11 is 1.15. The summed E-state index contributed by atoms with van der Waals surface area (Å²) in [6.07, 6.45) is 2.07. The summed E-state index contributed by atoms with van der Waals surface area (Å²) in [6, 6.07) is 6.18. The van der Waals surface area contributed by atoms with Gasteiger partial charge in [-0.25, -0.2) is 0 Å². The van der Waals surface area contributed by atoms with Crippen molar-refractivity contribution in [2.75, 3.05) is 5.75 Å². The summed E-state index contributed by atoms with van der Waals surface area (Å²) in [5.74, 6) is 0.443. The van der Waals surface area contributed by atoms with Crippen molar-refractivity contribution in [3.8, 4) is 17.2 Å². The van der Waals surface area contributed by atoms with Crippen molar-refractivity contribution in [1.29, 1.82) is 0 Å². The Hall–Kier alpha value is -2.16. The van der Waals surface area contributed by atoms with E-state index >= 15 is 0 Å². The van der Waals surface area contributed by atoms with Gasteiger partial charge in [-0.15, -0.1) is 10.2 Å². The van der Waals surface area contributed by atoms with E-state index in [9.17, 15) is 13.6 Å². The molecule has 1 heterocycles. The van der Waals surface area contributed by atoms with Gasteiger partial charge in [0.1, 0.15) is 5.75 Å². The van der Waals surface area contributed by atoms with Gasteiger partial charge in [0.25, 0.3) is 5.22 Å². The number of rotatable bonds is 7. The number of hydrogen-bond donors (Lipinski definition) is 1. The Labute approximate surface area is 134 Å². The molecule has 0 aliphatic heterocycles. The topological polar surface area (TPSA) is 77.2 Å². The van der Waals surface area contributed by atoms with Crippen LogP contribution in [0.4, 0.5) is 8.78 Å². The first kappa shape index (κ1) is 15.7. The predicted octanol–water partition coefficient (Wildman–Crippen LogP) is 2.71. The lowest BCUT2D eigenvalue weighted by atomic mass is 10.2. The number of benzene rings is 1. The van der Waals surface area contributed by atoms with Crippen molar-refractivity contribution >= 4 is 17.7 Å². The van der Waals surface area contributed by atoms with Gasteiger partial charge in [-0.3, -0.25) is 4.79 Å². The quantitative estimate of drug-likeness (QED) is 0.780. The van der Waals surface area contributed by atoms with E-state index in [1.807, 2.05) is 0 Å². The first-order valence-electron chi connectivity index (χ1n) is 6.91. The van der Waals surface area contributed by atoms with Crippen LogP contribution in [0.5, 0.6) is 5.75 Å². The highest BCUT2D eigenvalue weighted by molar-refractivity contribution is 7.99. The Kier molecular flexibility index (Phi) is 4.75. The van der Waals surface area contributed by atoms with Crippen LogP contribution >= 0.6 is 11.8 Å². The lowest BCUT2D eigenvalue weighted by Gasteiger charge is -2.03. The molecular weight excluding hydrogens is 328 g/mol. The maximum atomic E-state index is 12.1. The fourth-order valence-electron chi connectivity index (χ4n) is 1.79. The zero-order valence-electron chi connectivity index (χ0n) is 11.9. The van der Waals surface area contributed by atoms with Crippen LogP contribution in [0, 0.1) is 0 Å². The zero-order valence-corrected chi connectivity index (χ0v) is 12.7. The van der Waals surface area contributed by atoms with E-state index in [0.717, 1.165) is 24.6 Å². The average molecular weight is 341 g/mol. The third-order valence-corrected chi connectivity index (χ3v) is 3.82. The lowest BCUT2D eigenvalue weighted by molar-refractivity contribution is -0.118. The van der Waals surface area contributed by atoms with Gasteiger partial charge in [0.2, 0.25) is 11.8 Å². The second-order valence-corrected chi connectivity index (χ2v) is 5.83. The molecular formula is C14H13F2N3O3S. The molecule has 1 aliphatic carbocycles. The minimum absolute atomic E-state index is 0.0506. The van der Waals surface area contributed by atoms with Crippen molar-refractivity contribution in [2.24, 2.45) is 0 Å².